The van der Waals surface area contributed by atoms with E-state index in [0.29, 0.717) is 13.0 Å². The number of carbonyl (C=O) groups excluding carboxylic acids is 1. The van der Waals surface area contributed by atoms with Gasteiger partial charge < -0.3 is 15.6 Å². The van der Waals surface area contributed by atoms with Gasteiger partial charge in [-0.05, 0) is 69.8 Å². The first-order valence-electron chi connectivity index (χ1n) is 8.75. The van der Waals surface area contributed by atoms with E-state index in [4.69, 9.17) is 0 Å². The van der Waals surface area contributed by atoms with E-state index < -0.39 is 0 Å². The van der Waals surface area contributed by atoms with Crippen LogP contribution in [0.3, 0.4) is 0 Å². The maximum Gasteiger partial charge on any atom is 0.220 e. The van der Waals surface area contributed by atoms with Gasteiger partial charge in [0.05, 0.1) is 0 Å². The summed E-state index contributed by atoms with van der Waals surface area (Å²) in [7, 11) is 0. The van der Waals surface area contributed by atoms with Gasteiger partial charge in [0.25, 0.3) is 0 Å². The number of fused-ring (bicyclic) bond motifs is 1. The molecule has 0 bridgehead atoms. The number of rotatable bonds is 6. The highest BCUT2D eigenvalue weighted by Crippen LogP contribution is 2.24. The van der Waals surface area contributed by atoms with E-state index in [-0.39, 0.29) is 17.3 Å². The monoisotopic (exact) mass is 331 g/mol. The Kier molecular flexibility index (Phi) is 4.90. The standard InChI is InChI=1S/C19H26FN3O/c1-13-15(16-5-4-14(20)12-17(16)23-13)7-11-21-18(24)6-9-19(2)8-3-10-22-19/h4-5,12,22-23H,3,6-11H2,1-2H3,(H,21,24)/t19-/m0/s1. The van der Waals surface area contributed by atoms with E-state index in [2.05, 4.69) is 22.5 Å². The lowest BCUT2D eigenvalue weighted by atomic mass is 9.94. The molecule has 1 saturated heterocycles. The van der Waals surface area contributed by atoms with Gasteiger partial charge in [-0.1, -0.05) is 0 Å². The molecule has 3 N–H and O–H groups in total. The molecule has 1 amide bonds. The van der Waals surface area contributed by atoms with E-state index in [1.807, 2.05) is 6.92 Å². The van der Waals surface area contributed by atoms with Gasteiger partial charge >= 0.3 is 0 Å². The fraction of sp³-hybridized carbons (Fsp3) is 0.526. The summed E-state index contributed by atoms with van der Waals surface area (Å²) in [5, 5.41) is 7.53. The lowest BCUT2D eigenvalue weighted by Crippen LogP contribution is -2.38. The van der Waals surface area contributed by atoms with Crippen molar-refractivity contribution in [2.24, 2.45) is 0 Å². The third-order valence-electron chi connectivity index (χ3n) is 5.14. The van der Waals surface area contributed by atoms with Crippen molar-refractivity contribution in [2.45, 2.75) is 51.5 Å². The molecule has 1 fully saturated rings. The average molecular weight is 331 g/mol. The summed E-state index contributed by atoms with van der Waals surface area (Å²) in [6, 6.07) is 4.80. The zero-order valence-electron chi connectivity index (χ0n) is 14.5. The van der Waals surface area contributed by atoms with Gasteiger partial charge in [0.15, 0.2) is 0 Å². The Morgan fingerprint density at radius 1 is 1.42 bits per heavy atom. The molecule has 0 saturated carbocycles. The molecule has 1 aliphatic heterocycles. The summed E-state index contributed by atoms with van der Waals surface area (Å²) in [4.78, 5) is 15.3. The number of carbonyl (C=O) groups is 1. The third-order valence-corrected chi connectivity index (χ3v) is 5.14. The SMILES string of the molecule is Cc1[nH]c2cc(F)ccc2c1CCNC(=O)CC[C@]1(C)CCCN1. The van der Waals surface area contributed by atoms with Crippen molar-refractivity contribution in [3.05, 3.63) is 35.3 Å². The Hall–Kier alpha value is -1.88. The van der Waals surface area contributed by atoms with Crippen LogP contribution in [0.25, 0.3) is 10.9 Å². The van der Waals surface area contributed by atoms with Crippen molar-refractivity contribution in [3.63, 3.8) is 0 Å². The second-order valence-corrected chi connectivity index (χ2v) is 7.11. The molecule has 0 spiro atoms. The predicted molar refractivity (Wildman–Crippen MR) is 94.6 cm³/mol. The Morgan fingerprint density at radius 3 is 3.00 bits per heavy atom. The molecule has 130 valence electrons. The maximum absolute atomic E-state index is 13.3. The lowest BCUT2D eigenvalue weighted by molar-refractivity contribution is -0.121. The minimum Gasteiger partial charge on any atom is -0.358 e. The van der Waals surface area contributed by atoms with Crippen LogP contribution in [0.1, 0.15) is 43.9 Å². The fourth-order valence-corrected chi connectivity index (χ4v) is 3.66. The number of aryl methyl sites for hydroxylation is 1. The number of benzene rings is 1. The van der Waals surface area contributed by atoms with Crippen molar-refractivity contribution in [2.75, 3.05) is 13.1 Å². The van der Waals surface area contributed by atoms with Crippen molar-refractivity contribution in [1.82, 2.24) is 15.6 Å². The number of hydrogen-bond donors (Lipinski definition) is 3. The van der Waals surface area contributed by atoms with Crippen LogP contribution in [-0.4, -0.2) is 29.5 Å². The number of aromatic nitrogens is 1. The number of nitrogens with one attached hydrogen (secondary N) is 3. The van der Waals surface area contributed by atoms with Crippen molar-refractivity contribution in [3.8, 4) is 0 Å². The van der Waals surface area contributed by atoms with Crippen molar-refractivity contribution in [1.29, 1.82) is 0 Å². The Balaban J connectivity index is 1.51. The number of halogens is 1. The number of aromatic amines is 1. The van der Waals surface area contributed by atoms with E-state index in [9.17, 15) is 9.18 Å². The van der Waals surface area contributed by atoms with Gasteiger partial charge in [-0.3, -0.25) is 4.79 Å². The fourth-order valence-electron chi connectivity index (χ4n) is 3.66. The number of hydrogen-bond acceptors (Lipinski definition) is 2. The maximum atomic E-state index is 13.3. The largest absolute Gasteiger partial charge is 0.358 e. The first-order chi connectivity index (χ1) is 11.5. The zero-order chi connectivity index (χ0) is 17.2. The molecule has 2 heterocycles. The van der Waals surface area contributed by atoms with Crippen LogP contribution in [0, 0.1) is 12.7 Å². The topological polar surface area (TPSA) is 56.9 Å². The summed E-state index contributed by atoms with van der Waals surface area (Å²) >= 11 is 0. The highest BCUT2D eigenvalue weighted by atomic mass is 19.1. The molecule has 24 heavy (non-hydrogen) atoms. The second kappa shape index (κ2) is 6.93. The van der Waals surface area contributed by atoms with Gasteiger partial charge in [-0.25, -0.2) is 4.39 Å². The Bertz CT molecular complexity index is 732. The molecule has 1 aliphatic rings. The summed E-state index contributed by atoms with van der Waals surface area (Å²) < 4.78 is 13.3. The first kappa shape index (κ1) is 17.0. The predicted octanol–water partition coefficient (Wildman–Crippen LogP) is 3.20. The minimum atomic E-state index is -0.238. The molecule has 0 aliphatic carbocycles. The molecular formula is C19H26FN3O. The normalized spacial score (nSPS) is 20.6. The zero-order valence-corrected chi connectivity index (χ0v) is 14.5. The summed E-state index contributed by atoms with van der Waals surface area (Å²) in [6.45, 7) is 5.84. The summed E-state index contributed by atoms with van der Waals surface area (Å²) in [5.41, 5.74) is 3.12. The molecule has 4 nitrogen and oxygen atoms in total. The molecule has 5 heteroatoms. The van der Waals surface area contributed by atoms with Crippen LogP contribution in [0.15, 0.2) is 18.2 Å². The molecular weight excluding hydrogens is 305 g/mol. The van der Waals surface area contributed by atoms with Crippen LogP contribution < -0.4 is 10.6 Å². The molecule has 1 atom stereocenters. The quantitative estimate of drug-likeness (QED) is 0.761. The average Bonchev–Trinajstić information content (AvgIpc) is 3.09. The van der Waals surface area contributed by atoms with E-state index >= 15 is 0 Å². The number of amides is 1. The van der Waals surface area contributed by atoms with Crippen LogP contribution in [0.4, 0.5) is 4.39 Å². The lowest BCUT2D eigenvalue weighted by Gasteiger charge is -2.23. The van der Waals surface area contributed by atoms with Crippen LogP contribution in [-0.2, 0) is 11.2 Å². The highest BCUT2D eigenvalue weighted by Gasteiger charge is 2.28. The minimum absolute atomic E-state index is 0.105. The van der Waals surface area contributed by atoms with Crippen LogP contribution >= 0.6 is 0 Å². The van der Waals surface area contributed by atoms with Gasteiger partial charge in [0.2, 0.25) is 5.91 Å². The van der Waals surface area contributed by atoms with Crippen LogP contribution in [0.5, 0.6) is 0 Å². The van der Waals surface area contributed by atoms with Crippen LogP contribution in [0.2, 0.25) is 0 Å². The van der Waals surface area contributed by atoms with E-state index in [1.54, 1.807) is 6.07 Å². The molecule has 2 aromatic rings. The van der Waals surface area contributed by atoms with Crippen molar-refractivity contribution >= 4 is 16.8 Å². The highest BCUT2D eigenvalue weighted by molar-refractivity contribution is 5.84. The van der Waals surface area contributed by atoms with Gasteiger partial charge in [-0.15, -0.1) is 0 Å². The van der Waals surface area contributed by atoms with Gasteiger partial charge in [0.1, 0.15) is 5.82 Å². The summed E-state index contributed by atoms with van der Waals surface area (Å²) in [6.07, 6.45) is 4.52. The number of H-pyrrole nitrogens is 1. The molecule has 3 rings (SSSR count). The smallest absolute Gasteiger partial charge is 0.220 e. The Labute approximate surface area is 142 Å². The third kappa shape index (κ3) is 3.78. The molecule has 0 unspecified atom stereocenters. The molecule has 1 aromatic carbocycles. The van der Waals surface area contributed by atoms with E-state index in [0.717, 1.165) is 48.0 Å². The summed E-state index contributed by atoms with van der Waals surface area (Å²) in [5.74, 6) is -0.133. The van der Waals surface area contributed by atoms with E-state index in [1.165, 1.54) is 18.6 Å². The Morgan fingerprint density at radius 2 is 2.25 bits per heavy atom. The molecule has 0 radical (unpaired) electrons. The van der Waals surface area contributed by atoms with Crippen molar-refractivity contribution < 1.29 is 9.18 Å². The first-order valence-corrected chi connectivity index (χ1v) is 8.75. The van der Waals surface area contributed by atoms with Gasteiger partial charge in [-0.2, -0.15) is 0 Å². The molecule has 1 aromatic heterocycles. The van der Waals surface area contributed by atoms with Gasteiger partial charge in [0, 0.05) is 35.1 Å². The second-order valence-electron chi connectivity index (χ2n) is 7.11.